The molecule has 0 fully saturated rings. The van der Waals surface area contributed by atoms with Crippen LogP contribution >= 0.6 is 0 Å². The number of ether oxygens (including phenoxy) is 1. The quantitative estimate of drug-likeness (QED) is 0.887. The zero-order chi connectivity index (χ0) is 15.1. The smallest absolute Gasteiger partial charge is 0.261 e. The molecule has 4 heteroatoms. The molecule has 2 rings (SSSR count). The Hall–Kier alpha value is -2.36. The summed E-state index contributed by atoms with van der Waals surface area (Å²) in [6.45, 7) is 4.36. The van der Waals surface area contributed by atoms with Crippen LogP contribution in [0.3, 0.4) is 0 Å². The summed E-state index contributed by atoms with van der Waals surface area (Å²) in [5.74, 6) is 0.644. The Morgan fingerprint density at radius 2 is 2.10 bits per heavy atom. The molecule has 1 atom stereocenters. The van der Waals surface area contributed by atoms with Gasteiger partial charge in [0.15, 0.2) is 6.10 Å². The fourth-order valence-electron chi connectivity index (χ4n) is 1.97. The molecule has 1 amide bonds. The van der Waals surface area contributed by atoms with E-state index in [4.69, 9.17) is 4.74 Å². The molecular formula is C17H20N2O2. The van der Waals surface area contributed by atoms with Crippen molar-refractivity contribution in [2.24, 2.45) is 0 Å². The summed E-state index contributed by atoms with van der Waals surface area (Å²) in [6, 6.07) is 11.5. The molecule has 1 aromatic carbocycles. The third kappa shape index (κ3) is 4.31. The van der Waals surface area contributed by atoms with Crippen LogP contribution in [-0.4, -0.2) is 17.0 Å². The molecule has 0 spiro atoms. The van der Waals surface area contributed by atoms with Crippen molar-refractivity contribution in [2.75, 3.05) is 0 Å². The van der Waals surface area contributed by atoms with Crippen molar-refractivity contribution >= 4 is 5.91 Å². The molecule has 0 saturated carbocycles. The lowest BCUT2D eigenvalue weighted by Crippen LogP contribution is -2.37. The van der Waals surface area contributed by atoms with Gasteiger partial charge in [0.1, 0.15) is 5.75 Å². The van der Waals surface area contributed by atoms with Gasteiger partial charge in [0.05, 0.1) is 0 Å². The van der Waals surface area contributed by atoms with Crippen molar-refractivity contribution in [3.05, 3.63) is 59.9 Å². The van der Waals surface area contributed by atoms with E-state index in [1.807, 2.05) is 50.2 Å². The summed E-state index contributed by atoms with van der Waals surface area (Å²) in [7, 11) is 0. The van der Waals surface area contributed by atoms with E-state index in [0.29, 0.717) is 13.0 Å². The Morgan fingerprint density at radius 3 is 2.76 bits per heavy atom. The third-order valence-electron chi connectivity index (χ3n) is 3.22. The Morgan fingerprint density at radius 1 is 1.29 bits per heavy atom. The molecule has 110 valence electrons. The number of hydrogen-bond donors (Lipinski definition) is 1. The van der Waals surface area contributed by atoms with Crippen LogP contribution in [0.15, 0.2) is 48.8 Å². The highest BCUT2D eigenvalue weighted by Gasteiger charge is 2.18. The van der Waals surface area contributed by atoms with Gasteiger partial charge in [-0.15, -0.1) is 0 Å². The normalized spacial score (nSPS) is 11.7. The monoisotopic (exact) mass is 284 g/mol. The summed E-state index contributed by atoms with van der Waals surface area (Å²) in [6.07, 6.45) is 3.58. The molecule has 0 aliphatic carbocycles. The lowest BCUT2D eigenvalue weighted by Gasteiger charge is -2.18. The number of nitrogens with one attached hydrogen (secondary N) is 1. The number of amides is 1. The molecule has 0 aliphatic heterocycles. The second-order valence-corrected chi connectivity index (χ2v) is 4.86. The number of hydrogen-bond acceptors (Lipinski definition) is 3. The SMILES string of the molecule is CC[C@@H](Oc1ccccc1C)C(=O)NCc1cccnc1. The van der Waals surface area contributed by atoms with E-state index in [-0.39, 0.29) is 5.91 Å². The van der Waals surface area contributed by atoms with Crippen LogP contribution in [0.1, 0.15) is 24.5 Å². The molecule has 0 bridgehead atoms. The van der Waals surface area contributed by atoms with E-state index in [1.165, 1.54) is 0 Å². The highest BCUT2D eigenvalue weighted by molar-refractivity contribution is 5.81. The van der Waals surface area contributed by atoms with Gasteiger partial charge in [-0.3, -0.25) is 9.78 Å². The molecule has 4 nitrogen and oxygen atoms in total. The van der Waals surface area contributed by atoms with E-state index in [1.54, 1.807) is 12.4 Å². The van der Waals surface area contributed by atoms with Crippen molar-refractivity contribution < 1.29 is 9.53 Å². The van der Waals surface area contributed by atoms with Crippen LogP contribution in [-0.2, 0) is 11.3 Å². The van der Waals surface area contributed by atoms with Gasteiger partial charge in [0, 0.05) is 18.9 Å². The average Bonchev–Trinajstić information content (AvgIpc) is 2.53. The number of pyridine rings is 1. The second kappa shape index (κ2) is 7.43. The Labute approximate surface area is 125 Å². The summed E-state index contributed by atoms with van der Waals surface area (Å²) < 4.78 is 5.82. The third-order valence-corrected chi connectivity index (χ3v) is 3.22. The lowest BCUT2D eigenvalue weighted by molar-refractivity contribution is -0.128. The van der Waals surface area contributed by atoms with E-state index < -0.39 is 6.10 Å². The van der Waals surface area contributed by atoms with E-state index in [0.717, 1.165) is 16.9 Å². The standard InChI is InChI=1S/C17H20N2O2/c1-3-15(21-16-9-5-4-7-13(16)2)17(20)19-12-14-8-6-10-18-11-14/h4-11,15H,3,12H2,1-2H3,(H,19,20)/t15-/m1/s1. The summed E-state index contributed by atoms with van der Waals surface area (Å²) in [4.78, 5) is 16.2. The Bertz CT molecular complexity index is 584. The minimum absolute atomic E-state index is 0.107. The minimum Gasteiger partial charge on any atom is -0.480 e. The number of aryl methyl sites for hydroxylation is 1. The molecule has 0 unspecified atom stereocenters. The molecule has 21 heavy (non-hydrogen) atoms. The topological polar surface area (TPSA) is 51.2 Å². The van der Waals surface area contributed by atoms with Gasteiger partial charge in [0.2, 0.25) is 0 Å². The first-order valence-corrected chi connectivity index (χ1v) is 7.09. The number of aromatic nitrogens is 1. The zero-order valence-electron chi connectivity index (χ0n) is 12.4. The van der Waals surface area contributed by atoms with Gasteiger partial charge in [-0.1, -0.05) is 31.2 Å². The van der Waals surface area contributed by atoms with Gasteiger partial charge in [-0.05, 0) is 36.6 Å². The summed E-state index contributed by atoms with van der Waals surface area (Å²) in [5.41, 5.74) is 1.99. The molecular weight excluding hydrogens is 264 g/mol. The first kappa shape index (κ1) is 15.0. The predicted molar refractivity (Wildman–Crippen MR) is 82.0 cm³/mol. The van der Waals surface area contributed by atoms with Crippen LogP contribution in [0.25, 0.3) is 0 Å². The first-order valence-electron chi connectivity index (χ1n) is 7.09. The van der Waals surface area contributed by atoms with Crippen molar-refractivity contribution in [1.82, 2.24) is 10.3 Å². The highest BCUT2D eigenvalue weighted by Crippen LogP contribution is 2.18. The second-order valence-electron chi connectivity index (χ2n) is 4.86. The zero-order valence-corrected chi connectivity index (χ0v) is 12.4. The summed E-state index contributed by atoms with van der Waals surface area (Å²) >= 11 is 0. The largest absolute Gasteiger partial charge is 0.480 e. The molecule has 2 aromatic rings. The van der Waals surface area contributed by atoms with Crippen molar-refractivity contribution in [2.45, 2.75) is 32.9 Å². The molecule has 1 aromatic heterocycles. The average molecular weight is 284 g/mol. The van der Waals surface area contributed by atoms with E-state index >= 15 is 0 Å². The predicted octanol–water partition coefficient (Wildman–Crippen LogP) is 2.86. The fourth-order valence-corrected chi connectivity index (χ4v) is 1.97. The van der Waals surface area contributed by atoms with E-state index in [2.05, 4.69) is 10.3 Å². The van der Waals surface area contributed by atoms with Crippen molar-refractivity contribution in [1.29, 1.82) is 0 Å². The number of carbonyl (C=O) groups excluding carboxylic acids is 1. The molecule has 0 radical (unpaired) electrons. The van der Waals surface area contributed by atoms with Gasteiger partial charge in [-0.25, -0.2) is 0 Å². The maximum atomic E-state index is 12.2. The molecule has 0 saturated heterocycles. The first-order chi connectivity index (χ1) is 10.2. The van der Waals surface area contributed by atoms with Crippen LogP contribution in [0.4, 0.5) is 0 Å². The van der Waals surface area contributed by atoms with Gasteiger partial charge < -0.3 is 10.1 Å². The van der Waals surface area contributed by atoms with Crippen molar-refractivity contribution in [3.8, 4) is 5.75 Å². The lowest BCUT2D eigenvalue weighted by atomic mass is 10.2. The number of para-hydroxylation sites is 1. The van der Waals surface area contributed by atoms with E-state index in [9.17, 15) is 4.79 Å². The number of benzene rings is 1. The van der Waals surface area contributed by atoms with Gasteiger partial charge >= 0.3 is 0 Å². The molecule has 1 heterocycles. The molecule has 0 aliphatic rings. The van der Waals surface area contributed by atoms with Crippen molar-refractivity contribution in [3.63, 3.8) is 0 Å². The number of carbonyl (C=O) groups is 1. The molecule has 1 N–H and O–H groups in total. The Balaban J connectivity index is 1.94. The number of rotatable bonds is 6. The van der Waals surface area contributed by atoms with Crippen LogP contribution in [0.5, 0.6) is 5.75 Å². The van der Waals surface area contributed by atoms with Crippen LogP contribution in [0.2, 0.25) is 0 Å². The van der Waals surface area contributed by atoms with Gasteiger partial charge in [0.25, 0.3) is 5.91 Å². The van der Waals surface area contributed by atoms with Crippen LogP contribution < -0.4 is 10.1 Å². The van der Waals surface area contributed by atoms with Crippen LogP contribution in [0, 0.1) is 6.92 Å². The van der Waals surface area contributed by atoms with Gasteiger partial charge in [-0.2, -0.15) is 0 Å². The number of nitrogens with zero attached hydrogens (tertiary/aromatic N) is 1. The minimum atomic E-state index is -0.484. The maximum Gasteiger partial charge on any atom is 0.261 e. The highest BCUT2D eigenvalue weighted by atomic mass is 16.5. The maximum absolute atomic E-state index is 12.2. The fraction of sp³-hybridized carbons (Fsp3) is 0.294. The summed E-state index contributed by atoms with van der Waals surface area (Å²) in [5, 5.41) is 2.89. The Kier molecular flexibility index (Phi) is 5.32.